The molecule has 30 heavy (non-hydrogen) atoms. The molecule has 3 aromatic rings. The summed E-state index contributed by atoms with van der Waals surface area (Å²) in [4.78, 5) is 26.3. The summed E-state index contributed by atoms with van der Waals surface area (Å²) in [5, 5.41) is 5.55. The second-order valence-corrected chi connectivity index (χ2v) is 8.56. The Balaban J connectivity index is 1.84. The molecule has 0 aliphatic rings. The van der Waals surface area contributed by atoms with E-state index in [1.807, 2.05) is 99.6 Å². The van der Waals surface area contributed by atoms with Crippen LogP contribution in [0.15, 0.2) is 83.8 Å². The average Bonchev–Trinajstić information content (AvgIpc) is 2.75. The summed E-state index contributed by atoms with van der Waals surface area (Å²) in [6, 6.07) is 25.2. The number of benzene rings is 3. The number of rotatable bonds is 7. The Morgan fingerprint density at radius 3 is 2.07 bits per heavy atom. The van der Waals surface area contributed by atoms with Crippen LogP contribution in [0.5, 0.6) is 0 Å². The third-order valence-electron chi connectivity index (χ3n) is 4.62. The molecule has 3 rings (SSSR count). The zero-order chi connectivity index (χ0) is 21.5. The van der Waals surface area contributed by atoms with Crippen molar-refractivity contribution in [2.45, 2.75) is 30.9 Å². The highest BCUT2D eigenvalue weighted by Crippen LogP contribution is 2.36. The molecule has 0 aliphatic heterocycles. The first-order valence-corrected chi connectivity index (χ1v) is 10.8. The van der Waals surface area contributed by atoms with Gasteiger partial charge in [-0.05, 0) is 42.3 Å². The zero-order valence-electron chi connectivity index (χ0n) is 17.4. The van der Waals surface area contributed by atoms with Gasteiger partial charge in [-0.3, -0.25) is 9.59 Å². The number of nitrogens with one attached hydrogen (secondary N) is 2. The molecule has 154 valence electrons. The fourth-order valence-electron chi connectivity index (χ4n) is 2.86. The first-order valence-electron chi connectivity index (χ1n) is 9.93. The highest BCUT2D eigenvalue weighted by Gasteiger charge is 2.23. The summed E-state index contributed by atoms with van der Waals surface area (Å²) in [5.74, 6) is -0.280. The number of thioether (sulfide) groups is 1. The minimum atomic E-state index is -0.401. The van der Waals surface area contributed by atoms with Gasteiger partial charge in [0.2, 0.25) is 11.8 Å². The molecule has 0 spiro atoms. The maximum Gasteiger partial charge on any atom is 0.242 e. The van der Waals surface area contributed by atoms with Crippen LogP contribution in [0.4, 0.5) is 11.4 Å². The van der Waals surface area contributed by atoms with Crippen molar-refractivity contribution >= 4 is 35.0 Å². The van der Waals surface area contributed by atoms with E-state index in [1.165, 1.54) is 11.8 Å². The van der Waals surface area contributed by atoms with Crippen LogP contribution in [0.2, 0.25) is 0 Å². The van der Waals surface area contributed by atoms with Gasteiger partial charge in [0.05, 0.1) is 0 Å². The molecular formula is C25H26N2O2S. The lowest BCUT2D eigenvalue weighted by Crippen LogP contribution is -2.20. The van der Waals surface area contributed by atoms with E-state index in [0.717, 1.165) is 16.0 Å². The molecule has 0 bridgehead atoms. The summed E-state index contributed by atoms with van der Waals surface area (Å²) in [6.45, 7) is 5.63. The predicted octanol–water partition coefficient (Wildman–Crippen LogP) is 6.06. The van der Waals surface area contributed by atoms with Crippen LogP contribution in [0.3, 0.4) is 0 Å². The molecule has 1 unspecified atom stereocenters. The molecule has 1 atom stereocenters. The van der Waals surface area contributed by atoms with Crippen LogP contribution in [0.1, 0.15) is 30.2 Å². The first-order chi connectivity index (χ1) is 14.4. The quantitative estimate of drug-likeness (QED) is 0.458. The molecule has 4 nitrogen and oxygen atoms in total. The summed E-state index contributed by atoms with van der Waals surface area (Å²) >= 11 is 1.51. The Bertz CT molecular complexity index is 1000. The Kier molecular flexibility index (Phi) is 7.31. The lowest BCUT2D eigenvalue weighted by molar-refractivity contribution is -0.119. The highest BCUT2D eigenvalue weighted by atomic mass is 32.2. The summed E-state index contributed by atoms with van der Waals surface area (Å²) < 4.78 is 0. The predicted molar refractivity (Wildman–Crippen MR) is 125 cm³/mol. The van der Waals surface area contributed by atoms with E-state index in [4.69, 9.17) is 0 Å². The monoisotopic (exact) mass is 418 g/mol. The fraction of sp³-hybridized carbons (Fsp3) is 0.200. The second-order valence-electron chi connectivity index (χ2n) is 7.38. The molecule has 2 N–H and O–H groups in total. The van der Waals surface area contributed by atoms with Gasteiger partial charge in [-0.1, -0.05) is 68.4 Å². The van der Waals surface area contributed by atoms with E-state index >= 15 is 0 Å². The van der Waals surface area contributed by atoms with Crippen molar-refractivity contribution in [1.82, 2.24) is 0 Å². The molecule has 0 heterocycles. The first kappa shape index (κ1) is 21.7. The normalized spacial score (nSPS) is 11.7. The van der Waals surface area contributed by atoms with E-state index in [0.29, 0.717) is 11.4 Å². The summed E-state index contributed by atoms with van der Waals surface area (Å²) in [6.07, 6.45) is 0. The highest BCUT2D eigenvalue weighted by molar-refractivity contribution is 8.00. The molecule has 0 saturated heterocycles. The van der Waals surface area contributed by atoms with E-state index in [2.05, 4.69) is 10.6 Å². The number of carbonyl (C=O) groups is 2. The van der Waals surface area contributed by atoms with Crippen molar-refractivity contribution < 1.29 is 9.59 Å². The number of anilines is 2. The minimum absolute atomic E-state index is 0.0575. The minimum Gasteiger partial charge on any atom is -0.326 e. The topological polar surface area (TPSA) is 58.2 Å². The van der Waals surface area contributed by atoms with Crippen molar-refractivity contribution in [3.05, 3.63) is 90.0 Å². The van der Waals surface area contributed by atoms with E-state index in [1.54, 1.807) is 0 Å². The number of aryl methyl sites for hydroxylation is 1. The van der Waals surface area contributed by atoms with Crippen LogP contribution in [-0.4, -0.2) is 11.8 Å². The van der Waals surface area contributed by atoms with Gasteiger partial charge in [0.1, 0.15) is 5.25 Å². The third-order valence-corrected chi connectivity index (χ3v) is 5.89. The van der Waals surface area contributed by atoms with Gasteiger partial charge in [0.15, 0.2) is 0 Å². The maximum absolute atomic E-state index is 13.3. The summed E-state index contributed by atoms with van der Waals surface area (Å²) in [7, 11) is 0. The van der Waals surface area contributed by atoms with Gasteiger partial charge in [0, 0.05) is 22.2 Å². The van der Waals surface area contributed by atoms with Crippen LogP contribution in [0.25, 0.3) is 0 Å². The molecule has 0 fully saturated rings. The largest absolute Gasteiger partial charge is 0.326 e. The molecule has 0 aliphatic carbocycles. The van der Waals surface area contributed by atoms with E-state index in [-0.39, 0.29) is 17.7 Å². The Hall–Kier alpha value is -3.05. The van der Waals surface area contributed by atoms with Gasteiger partial charge in [-0.2, -0.15) is 0 Å². The number of hydrogen-bond donors (Lipinski definition) is 2. The molecule has 0 saturated carbocycles. The van der Waals surface area contributed by atoms with Crippen LogP contribution < -0.4 is 10.6 Å². The SMILES string of the molecule is Cc1ccc(NC(=O)C(C)C)cc1NC(=O)C(Sc1ccccc1)c1ccccc1. The molecule has 2 amide bonds. The lowest BCUT2D eigenvalue weighted by atomic mass is 10.1. The maximum atomic E-state index is 13.3. The molecule has 5 heteroatoms. The number of hydrogen-bond acceptors (Lipinski definition) is 3. The number of amides is 2. The zero-order valence-corrected chi connectivity index (χ0v) is 18.2. The van der Waals surface area contributed by atoms with Crippen molar-refractivity contribution in [3.63, 3.8) is 0 Å². The second kappa shape index (κ2) is 10.1. The standard InChI is InChI=1S/C25H26N2O2S/c1-17(2)24(28)26-20-15-14-18(3)22(16-20)27-25(29)23(19-10-6-4-7-11-19)30-21-12-8-5-9-13-21/h4-17,23H,1-3H3,(H,26,28)(H,27,29). The third kappa shape index (κ3) is 5.74. The van der Waals surface area contributed by atoms with Crippen LogP contribution in [-0.2, 0) is 9.59 Å². The van der Waals surface area contributed by atoms with Gasteiger partial charge in [-0.15, -0.1) is 11.8 Å². The smallest absolute Gasteiger partial charge is 0.242 e. The van der Waals surface area contributed by atoms with Crippen molar-refractivity contribution in [2.75, 3.05) is 10.6 Å². The fourth-order valence-corrected chi connectivity index (χ4v) is 3.90. The molecule has 0 aromatic heterocycles. The van der Waals surface area contributed by atoms with Crippen molar-refractivity contribution in [2.24, 2.45) is 5.92 Å². The Labute approximate surface area is 182 Å². The van der Waals surface area contributed by atoms with Gasteiger partial charge in [-0.25, -0.2) is 0 Å². The van der Waals surface area contributed by atoms with Gasteiger partial charge >= 0.3 is 0 Å². The van der Waals surface area contributed by atoms with Crippen molar-refractivity contribution in [1.29, 1.82) is 0 Å². The molecule has 0 radical (unpaired) electrons. The number of carbonyl (C=O) groups excluding carboxylic acids is 2. The Morgan fingerprint density at radius 1 is 0.800 bits per heavy atom. The summed E-state index contributed by atoms with van der Waals surface area (Å²) in [5.41, 5.74) is 3.23. The van der Waals surface area contributed by atoms with E-state index in [9.17, 15) is 9.59 Å². The molecular weight excluding hydrogens is 392 g/mol. The molecule has 3 aromatic carbocycles. The van der Waals surface area contributed by atoms with Gasteiger partial charge in [0.25, 0.3) is 0 Å². The van der Waals surface area contributed by atoms with Gasteiger partial charge < -0.3 is 10.6 Å². The van der Waals surface area contributed by atoms with Crippen LogP contribution >= 0.6 is 11.8 Å². The van der Waals surface area contributed by atoms with Crippen LogP contribution in [0, 0.1) is 12.8 Å². The average molecular weight is 419 g/mol. The Morgan fingerprint density at radius 2 is 1.43 bits per heavy atom. The van der Waals surface area contributed by atoms with E-state index < -0.39 is 5.25 Å². The van der Waals surface area contributed by atoms with Crippen molar-refractivity contribution in [3.8, 4) is 0 Å². The lowest BCUT2D eigenvalue weighted by Gasteiger charge is -2.19.